The van der Waals surface area contributed by atoms with E-state index < -0.39 is 11.5 Å². The number of esters is 1. The van der Waals surface area contributed by atoms with Gasteiger partial charge in [-0.05, 0) is 31.2 Å². The molecule has 170 valence electrons. The number of thiophene rings is 1. The first-order valence-electron chi connectivity index (χ1n) is 10.3. The number of amides is 1. The molecule has 3 aromatic heterocycles. The lowest BCUT2D eigenvalue weighted by atomic mass is 10.1. The standard InChI is InChI=1S/C24H17ClN4O4S/c1-2-33-24(32)20-17-12-34-22(27-21(30)16-11-26-18-9-4-3-8-15(16)18)19(17)23(31)29(28-20)14-7-5-6-13(25)10-14/h3-12,26H,2H2,1H3,(H,27,30). The maximum Gasteiger partial charge on any atom is 0.359 e. The van der Waals surface area contributed by atoms with E-state index in [0.717, 1.165) is 26.9 Å². The van der Waals surface area contributed by atoms with Gasteiger partial charge in [0, 0.05) is 32.9 Å². The number of H-pyrrole nitrogens is 1. The number of benzene rings is 2. The molecule has 8 nitrogen and oxygen atoms in total. The Labute approximate surface area is 201 Å². The number of nitrogens with one attached hydrogen (secondary N) is 2. The Balaban J connectivity index is 1.66. The summed E-state index contributed by atoms with van der Waals surface area (Å²) in [4.78, 5) is 42.3. The summed E-state index contributed by atoms with van der Waals surface area (Å²) in [6.45, 7) is 1.83. The lowest BCUT2D eigenvalue weighted by Crippen LogP contribution is -2.25. The number of hydrogen-bond donors (Lipinski definition) is 2. The molecule has 34 heavy (non-hydrogen) atoms. The van der Waals surface area contributed by atoms with Gasteiger partial charge >= 0.3 is 5.97 Å². The fourth-order valence-electron chi connectivity index (χ4n) is 3.70. The monoisotopic (exact) mass is 492 g/mol. The summed E-state index contributed by atoms with van der Waals surface area (Å²) in [5.74, 6) is -1.06. The highest BCUT2D eigenvalue weighted by atomic mass is 35.5. The van der Waals surface area contributed by atoms with Crippen LogP contribution in [0, 0.1) is 0 Å². The normalized spacial score (nSPS) is 11.1. The predicted molar refractivity (Wildman–Crippen MR) is 132 cm³/mol. The highest BCUT2D eigenvalue weighted by Crippen LogP contribution is 2.32. The molecule has 0 atom stereocenters. The average molecular weight is 493 g/mol. The van der Waals surface area contributed by atoms with Crippen molar-refractivity contribution in [1.82, 2.24) is 14.8 Å². The summed E-state index contributed by atoms with van der Waals surface area (Å²) in [6.07, 6.45) is 1.62. The van der Waals surface area contributed by atoms with E-state index in [1.54, 1.807) is 42.8 Å². The van der Waals surface area contributed by atoms with Crippen LogP contribution in [0.3, 0.4) is 0 Å². The van der Waals surface area contributed by atoms with Crippen molar-refractivity contribution in [1.29, 1.82) is 0 Å². The number of ether oxygens (including phenoxy) is 1. The van der Waals surface area contributed by atoms with Gasteiger partial charge in [-0.15, -0.1) is 11.3 Å². The second kappa shape index (κ2) is 8.77. The summed E-state index contributed by atoms with van der Waals surface area (Å²) in [7, 11) is 0. The molecular formula is C24H17ClN4O4S. The Morgan fingerprint density at radius 1 is 1.18 bits per heavy atom. The van der Waals surface area contributed by atoms with Crippen LogP contribution < -0.4 is 10.9 Å². The largest absolute Gasteiger partial charge is 0.461 e. The molecule has 0 fully saturated rings. The van der Waals surface area contributed by atoms with Crippen LogP contribution in [-0.4, -0.2) is 33.2 Å². The zero-order chi connectivity index (χ0) is 23.8. The van der Waals surface area contributed by atoms with E-state index in [-0.39, 0.29) is 23.6 Å². The molecule has 0 radical (unpaired) electrons. The van der Waals surface area contributed by atoms with Crippen LogP contribution in [0.2, 0.25) is 5.02 Å². The van der Waals surface area contributed by atoms with Crippen LogP contribution in [-0.2, 0) is 4.74 Å². The van der Waals surface area contributed by atoms with Crippen LogP contribution in [0.5, 0.6) is 0 Å². The molecule has 0 unspecified atom stereocenters. The molecule has 0 aliphatic rings. The molecule has 0 aliphatic carbocycles. The molecule has 5 aromatic rings. The molecule has 0 saturated carbocycles. The zero-order valence-electron chi connectivity index (χ0n) is 17.8. The fourth-order valence-corrected chi connectivity index (χ4v) is 4.82. The summed E-state index contributed by atoms with van der Waals surface area (Å²) in [6, 6.07) is 14.0. The van der Waals surface area contributed by atoms with Crippen molar-refractivity contribution >= 4 is 61.5 Å². The summed E-state index contributed by atoms with van der Waals surface area (Å²) in [5, 5.41) is 10.7. The van der Waals surface area contributed by atoms with E-state index in [0.29, 0.717) is 26.7 Å². The fraction of sp³-hybridized carbons (Fsp3) is 0.0833. The molecule has 2 aromatic carbocycles. The number of hydrogen-bond acceptors (Lipinski definition) is 6. The van der Waals surface area contributed by atoms with E-state index in [4.69, 9.17) is 16.3 Å². The summed E-state index contributed by atoms with van der Waals surface area (Å²) >= 11 is 7.24. The minimum absolute atomic E-state index is 0.0275. The van der Waals surface area contributed by atoms with Crippen molar-refractivity contribution in [2.24, 2.45) is 0 Å². The SMILES string of the molecule is CCOC(=O)c1nn(-c2cccc(Cl)c2)c(=O)c2c(NC(=O)c3c[nH]c4ccccc34)scc12. The van der Waals surface area contributed by atoms with Gasteiger partial charge in [-0.3, -0.25) is 9.59 Å². The third-order valence-electron chi connectivity index (χ3n) is 5.23. The Bertz CT molecular complexity index is 1640. The number of carbonyl (C=O) groups is 2. The number of halogens is 1. The Morgan fingerprint density at radius 3 is 2.79 bits per heavy atom. The van der Waals surface area contributed by atoms with Gasteiger partial charge in [0.25, 0.3) is 11.5 Å². The topological polar surface area (TPSA) is 106 Å². The Kier molecular flexibility index (Phi) is 5.64. The van der Waals surface area contributed by atoms with Crippen LogP contribution in [0.25, 0.3) is 27.4 Å². The first-order valence-corrected chi connectivity index (χ1v) is 11.6. The van der Waals surface area contributed by atoms with Crippen LogP contribution in [0.15, 0.2) is 64.9 Å². The number of para-hydroxylation sites is 1. The first kappa shape index (κ1) is 21.9. The van der Waals surface area contributed by atoms with Crippen LogP contribution >= 0.6 is 22.9 Å². The molecule has 0 saturated heterocycles. The van der Waals surface area contributed by atoms with E-state index in [1.165, 1.54) is 0 Å². The maximum atomic E-state index is 13.5. The molecular weight excluding hydrogens is 476 g/mol. The number of aromatic amines is 1. The van der Waals surface area contributed by atoms with Crippen LogP contribution in [0.1, 0.15) is 27.8 Å². The van der Waals surface area contributed by atoms with Crippen molar-refractivity contribution in [3.05, 3.63) is 86.7 Å². The number of nitrogens with zero attached hydrogens (tertiary/aromatic N) is 2. The zero-order valence-corrected chi connectivity index (χ0v) is 19.4. The number of fused-ring (bicyclic) bond motifs is 2. The molecule has 1 amide bonds. The van der Waals surface area contributed by atoms with Gasteiger partial charge in [0.2, 0.25) is 0 Å². The second-order valence-corrected chi connectivity index (χ2v) is 8.64. The molecule has 5 rings (SSSR count). The Hall–Kier alpha value is -3.95. The van der Waals surface area contributed by atoms with Gasteiger partial charge in [-0.2, -0.15) is 9.78 Å². The lowest BCUT2D eigenvalue weighted by Gasteiger charge is -2.10. The third kappa shape index (κ3) is 3.74. The van der Waals surface area contributed by atoms with E-state index in [9.17, 15) is 14.4 Å². The van der Waals surface area contributed by atoms with Crippen LogP contribution in [0.4, 0.5) is 5.00 Å². The Morgan fingerprint density at radius 2 is 2.00 bits per heavy atom. The molecule has 0 spiro atoms. The van der Waals surface area contributed by atoms with Crippen molar-refractivity contribution in [3.8, 4) is 5.69 Å². The highest BCUT2D eigenvalue weighted by Gasteiger charge is 2.24. The summed E-state index contributed by atoms with van der Waals surface area (Å²) in [5.41, 5.74) is 1.11. The highest BCUT2D eigenvalue weighted by molar-refractivity contribution is 7.16. The van der Waals surface area contributed by atoms with Gasteiger partial charge in [-0.1, -0.05) is 35.9 Å². The summed E-state index contributed by atoms with van der Waals surface area (Å²) < 4.78 is 6.25. The maximum absolute atomic E-state index is 13.5. The minimum Gasteiger partial charge on any atom is -0.461 e. The third-order valence-corrected chi connectivity index (χ3v) is 6.37. The van der Waals surface area contributed by atoms with Crippen molar-refractivity contribution in [3.63, 3.8) is 0 Å². The smallest absolute Gasteiger partial charge is 0.359 e. The minimum atomic E-state index is -0.671. The van der Waals surface area contributed by atoms with Crippen molar-refractivity contribution < 1.29 is 14.3 Å². The van der Waals surface area contributed by atoms with Gasteiger partial charge < -0.3 is 15.0 Å². The van der Waals surface area contributed by atoms with Gasteiger partial charge in [-0.25, -0.2) is 4.79 Å². The van der Waals surface area contributed by atoms with E-state index >= 15 is 0 Å². The molecule has 2 N–H and O–H groups in total. The van der Waals surface area contributed by atoms with E-state index in [2.05, 4.69) is 15.4 Å². The molecule has 0 bridgehead atoms. The quantitative estimate of drug-likeness (QED) is 0.335. The number of anilines is 1. The first-order chi connectivity index (χ1) is 16.5. The number of aromatic nitrogens is 3. The predicted octanol–water partition coefficient (Wildman–Crippen LogP) is 5.01. The van der Waals surface area contributed by atoms with Gasteiger partial charge in [0.1, 0.15) is 5.00 Å². The lowest BCUT2D eigenvalue weighted by molar-refractivity contribution is 0.0520. The van der Waals surface area contributed by atoms with Gasteiger partial charge in [0.05, 0.1) is 23.2 Å². The second-order valence-electron chi connectivity index (χ2n) is 7.32. The molecule has 0 aliphatic heterocycles. The molecule has 3 heterocycles. The van der Waals surface area contributed by atoms with E-state index in [1.807, 2.05) is 24.3 Å². The van der Waals surface area contributed by atoms with Gasteiger partial charge in [0.15, 0.2) is 5.69 Å². The molecule has 10 heteroatoms. The van der Waals surface area contributed by atoms with Crippen molar-refractivity contribution in [2.75, 3.05) is 11.9 Å². The van der Waals surface area contributed by atoms with Crippen molar-refractivity contribution in [2.45, 2.75) is 6.92 Å². The average Bonchev–Trinajstić information content (AvgIpc) is 3.44. The number of carbonyl (C=O) groups excluding carboxylic acids is 2. The number of rotatable bonds is 5.